The number of hydrogen-bond donors (Lipinski definition) is 2. The number of carbonyl (C=O) groups excluding carboxylic acids is 2. The molecule has 0 spiro atoms. The lowest BCUT2D eigenvalue weighted by atomic mass is 10.2. The molecule has 9 heteroatoms. The van der Waals surface area contributed by atoms with Crippen molar-refractivity contribution in [2.24, 2.45) is 15.5 Å². The molecule has 0 unspecified atom stereocenters. The molecule has 0 aliphatic heterocycles. The lowest BCUT2D eigenvalue weighted by Gasteiger charge is -2.12. The van der Waals surface area contributed by atoms with Crippen molar-refractivity contribution in [2.45, 2.75) is 0 Å². The topological polar surface area (TPSA) is 116 Å². The van der Waals surface area contributed by atoms with E-state index in [0.29, 0.717) is 0 Å². The molecule has 158 valence electrons. The molecule has 0 saturated heterocycles. The molecule has 0 heterocycles. The summed E-state index contributed by atoms with van der Waals surface area (Å²) in [5.41, 5.74) is 6.48. The molecule has 0 aromatic heterocycles. The highest BCUT2D eigenvalue weighted by atomic mass is 16.3. The van der Waals surface area contributed by atoms with Gasteiger partial charge in [-0.3, -0.25) is 9.59 Å². The van der Waals surface area contributed by atoms with Gasteiger partial charge in [0, 0.05) is 12.4 Å². The van der Waals surface area contributed by atoms with Crippen molar-refractivity contribution in [1.82, 2.24) is 15.9 Å². The molecular weight excluding hydrogens is 396 g/mol. The quantitative estimate of drug-likeness (QED) is 0.331. The Balaban J connectivity index is 1.68. The third-order valence-electron chi connectivity index (χ3n) is 3.64. The van der Waals surface area contributed by atoms with Crippen molar-refractivity contribution in [2.75, 3.05) is 13.1 Å². The third kappa shape index (κ3) is 10.1. The van der Waals surface area contributed by atoms with Crippen LogP contribution in [-0.4, -0.2) is 42.3 Å². The van der Waals surface area contributed by atoms with Crippen LogP contribution < -0.4 is 10.9 Å². The number of nitrogens with one attached hydrogen (secondary N) is 2. The summed E-state index contributed by atoms with van der Waals surface area (Å²) in [5.74, 6) is -1.18. The van der Waals surface area contributed by atoms with Crippen LogP contribution in [0, 0.1) is 4.91 Å². The molecule has 2 aromatic rings. The summed E-state index contributed by atoms with van der Waals surface area (Å²) >= 11 is 0. The molecule has 9 nitrogen and oxygen atoms in total. The maximum Gasteiger partial charge on any atom is 0.261 e. The summed E-state index contributed by atoms with van der Waals surface area (Å²) in [4.78, 5) is 34.5. The van der Waals surface area contributed by atoms with Gasteiger partial charge in [0.2, 0.25) is 0 Å². The van der Waals surface area contributed by atoms with Crippen LogP contribution in [0.15, 0.2) is 88.3 Å². The first-order valence-electron chi connectivity index (χ1n) is 9.33. The van der Waals surface area contributed by atoms with Gasteiger partial charge < -0.3 is 0 Å². The fourth-order valence-corrected chi connectivity index (χ4v) is 2.26. The SMILES string of the molecule is O=NN(CC(=O)N/N=C\C=C/c1ccccc1)CC(=O)N/N=C/C=C\c1ccccc1. The predicted octanol–water partition coefficient (Wildman–Crippen LogP) is 2.60. The van der Waals surface area contributed by atoms with Gasteiger partial charge in [0.1, 0.15) is 13.1 Å². The Morgan fingerprint density at radius 3 is 1.55 bits per heavy atom. The predicted molar refractivity (Wildman–Crippen MR) is 122 cm³/mol. The van der Waals surface area contributed by atoms with Gasteiger partial charge in [-0.15, -0.1) is 4.91 Å². The first-order valence-corrected chi connectivity index (χ1v) is 9.33. The lowest BCUT2D eigenvalue weighted by Crippen LogP contribution is -2.37. The largest absolute Gasteiger partial charge is 0.271 e. The summed E-state index contributed by atoms with van der Waals surface area (Å²) in [6.07, 6.45) is 9.73. The number of carbonyl (C=O) groups is 2. The van der Waals surface area contributed by atoms with Gasteiger partial charge in [-0.1, -0.05) is 72.8 Å². The van der Waals surface area contributed by atoms with Gasteiger partial charge in [-0.2, -0.15) is 10.2 Å². The average Bonchev–Trinajstić information content (AvgIpc) is 2.79. The Bertz CT molecular complexity index is 880. The van der Waals surface area contributed by atoms with Crippen LogP contribution in [0.1, 0.15) is 11.1 Å². The second-order valence-electron chi connectivity index (χ2n) is 6.07. The first-order chi connectivity index (χ1) is 15.2. The maximum atomic E-state index is 11.8. The highest BCUT2D eigenvalue weighted by Gasteiger charge is 2.13. The fraction of sp³-hybridized carbons (Fsp3) is 0.0909. The Morgan fingerprint density at radius 1 is 0.742 bits per heavy atom. The molecule has 0 atom stereocenters. The zero-order chi connectivity index (χ0) is 22.2. The van der Waals surface area contributed by atoms with E-state index >= 15 is 0 Å². The van der Waals surface area contributed by atoms with E-state index in [1.54, 1.807) is 12.2 Å². The summed E-state index contributed by atoms with van der Waals surface area (Å²) < 4.78 is 0. The number of hydrazone groups is 2. The minimum atomic E-state index is -0.592. The van der Waals surface area contributed by atoms with Crippen LogP contribution in [0.3, 0.4) is 0 Å². The molecule has 2 N–H and O–H groups in total. The van der Waals surface area contributed by atoms with Crippen LogP contribution in [0.5, 0.6) is 0 Å². The molecule has 2 amide bonds. The van der Waals surface area contributed by atoms with Gasteiger partial charge >= 0.3 is 0 Å². The van der Waals surface area contributed by atoms with E-state index in [1.807, 2.05) is 72.8 Å². The van der Waals surface area contributed by atoms with Crippen LogP contribution in [-0.2, 0) is 9.59 Å². The van der Waals surface area contributed by atoms with E-state index in [1.165, 1.54) is 12.4 Å². The van der Waals surface area contributed by atoms with Gasteiger partial charge in [0.25, 0.3) is 11.8 Å². The Morgan fingerprint density at radius 2 is 1.16 bits per heavy atom. The first kappa shape index (κ1) is 22.9. The second kappa shape index (κ2) is 13.7. The molecule has 0 fully saturated rings. The second-order valence-corrected chi connectivity index (χ2v) is 6.07. The number of nitroso groups, excluding NO2 is 1. The van der Waals surface area contributed by atoms with Gasteiger partial charge in [0.15, 0.2) is 0 Å². The number of benzene rings is 2. The van der Waals surface area contributed by atoms with Gasteiger partial charge in [-0.25, -0.2) is 15.9 Å². The van der Waals surface area contributed by atoms with Gasteiger partial charge in [0.05, 0.1) is 5.29 Å². The molecule has 0 aliphatic carbocycles. The molecule has 0 saturated carbocycles. The number of allylic oxidation sites excluding steroid dienone is 2. The molecule has 0 bridgehead atoms. The van der Waals surface area contributed by atoms with Crippen molar-refractivity contribution in [1.29, 1.82) is 0 Å². The van der Waals surface area contributed by atoms with E-state index in [2.05, 4.69) is 26.3 Å². The summed E-state index contributed by atoms with van der Waals surface area (Å²) in [5, 5.41) is 10.9. The summed E-state index contributed by atoms with van der Waals surface area (Å²) in [7, 11) is 0. The van der Waals surface area contributed by atoms with Crippen LogP contribution in [0.25, 0.3) is 12.2 Å². The minimum Gasteiger partial charge on any atom is -0.271 e. The van der Waals surface area contributed by atoms with Crippen molar-refractivity contribution in [3.05, 3.63) is 88.8 Å². The molecular formula is C22H22N6O3. The average molecular weight is 418 g/mol. The maximum absolute atomic E-state index is 11.8. The highest BCUT2D eigenvalue weighted by Crippen LogP contribution is 2.00. The van der Waals surface area contributed by atoms with E-state index in [4.69, 9.17) is 0 Å². The number of amides is 2. The van der Waals surface area contributed by atoms with Crippen LogP contribution in [0.4, 0.5) is 0 Å². The van der Waals surface area contributed by atoms with Crippen molar-refractivity contribution in [3.8, 4) is 0 Å². The van der Waals surface area contributed by atoms with E-state index in [9.17, 15) is 14.5 Å². The Kier molecular flexibility index (Phi) is 10.1. The summed E-state index contributed by atoms with van der Waals surface area (Å²) in [6.45, 7) is -0.845. The zero-order valence-electron chi connectivity index (χ0n) is 16.7. The molecule has 0 radical (unpaired) electrons. The number of rotatable bonds is 11. The summed E-state index contributed by atoms with van der Waals surface area (Å²) in [6, 6.07) is 19.1. The smallest absolute Gasteiger partial charge is 0.261 e. The van der Waals surface area contributed by atoms with Crippen LogP contribution in [0.2, 0.25) is 0 Å². The lowest BCUT2D eigenvalue weighted by molar-refractivity contribution is -0.125. The standard InChI is InChI=1S/C22H22N6O3/c29-21(25-23-15-7-13-19-9-3-1-4-10-19)17-28(27-31)18-22(30)26-24-16-8-14-20-11-5-2-6-12-20/h1-16H,17-18H2,(H,25,29)(H,26,30)/b13-7-,14-8-,23-15-,24-16+. The molecule has 31 heavy (non-hydrogen) atoms. The Hall–Kier alpha value is -4.40. The fourth-order valence-electron chi connectivity index (χ4n) is 2.26. The number of hydrogen-bond acceptors (Lipinski definition) is 6. The minimum absolute atomic E-state index is 0.422. The van der Waals surface area contributed by atoms with Crippen molar-refractivity contribution >= 4 is 36.4 Å². The van der Waals surface area contributed by atoms with Crippen molar-refractivity contribution in [3.63, 3.8) is 0 Å². The molecule has 2 rings (SSSR count). The zero-order valence-corrected chi connectivity index (χ0v) is 16.7. The van der Waals surface area contributed by atoms with Crippen molar-refractivity contribution < 1.29 is 9.59 Å². The van der Waals surface area contributed by atoms with Gasteiger partial charge in [-0.05, 0) is 23.3 Å². The monoisotopic (exact) mass is 418 g/mol. The van der Waals surface area contributed by atoms with E-state index in [0.717, 1.165) is 16.1 Å². The third-order valence-corrected chi connectivity index (χ3v) is 3.64. The van der Waals surface area contributed by atoms with E-state index in [-0.39, 0.29) is 0 Å². The van der Waals surface area contributed by atoms with Crippen LogP contribution >= 0.6 is 0 Å². The normalized spacial score (nSPS) is 11.4. The Labute approximate surface area is 179 Å². The van der Waals surface area contributed by atoms with E-state index < -0.39 is 24.9 Å². The number of nitrogens with zero attached hydrogens (tertiary/aromatic N) is 4. The molecule has 0 aliphatic rings. The highest BCUT2D eigenvalue weighted by molar-refractivity contribution is 5.84. The molecule has 2 aromatic carbocycles.